The summed E-state index contributed by atoms with van der Waals surface area (Å²) in [6, 6.07) is 5.04. The van der Waals surface area contributed by atoms with Gasteiger partial charge < -0.3 is 9.64 Å². The van der Waals surface area contributed by atoms with E-state index >= 15 is 0 Å². The molecule has 2 aliphatic heterocycles. The zero-order valence-electron chi connectivity index (χ0n) is 23.1. The number of ether oxygens (including phenoxy) is 1. The van der Waals surface area contributed by atoms with Crippen LogP contribution in [0, 0.1) is 12.8 Å². The zero-order valence-corrected chi connectivity index (χ0v) is 24.6. The minimum absolute atomic E-state index is 0.147. The van der Waals surface area contributed by atoms with Crippen molar-refractivity contribution in [2.45, 2.75) is 70.5 Å². The summed E-state index contributed by atoms with van der Waals surface area (Å²) in [5, 5.41) is 5.86. The maximum absolute atomic E-state index is 14.4. The van der Waals surface area contributed by atoms with Crippen molar-refractivity contribution in [2.24, 2.45) is 5.92 Å². The Morgan fingerprint density at radius 2 is 2.02 bits per heavy atom. The summed E-state index contributed by atoms with van der Waals surface area (Å²) in [4.78, 5) is 25.7. The Morgan fingerprint density at radius 3 is 2.73 bits per heavy atom. The van der Waals surface area contributed by atoms with E-state index in [-0.39, 0.29) is 24.0 Å². The molecule has 0 N–H and O–H groups in total. The fourth-order valence-corrected chi connectivity index (χ4v) is 6.88. The Balaban J connectivity index is 1.34. The Bertz CT molecular complexity index is 1400. The van der Waals surface area contributed by atoms with Gasteiger partial charge in [-0.15, -0.1) is 0 Å². The number of fused-ring (bicyclic) bond motifs is 1. The van der Waals surface area contributed by atoms with Gasteiger partial charge in [0.2, 0.25) is 0 Å². The molecule has 5 rings (SSSR count). The van der Waals surface area contributed by atoms with Crippen molar-refractivity contribution < 1.29 is 18.3 Å². The number of anilines is 1. The molecule has 4 atom stereocenters. The summed E-state index contributed by atoms with van der Waals surface area (Å²) in [5.74, 6) is -3.98. The summed E-state index contributed by atoms with van der Waals surface area (Å²) in [5.41, 5.74) is 3.07. The van der Waals surface area contributed by atoms with Gasteiger partial charge in [0, 0.05) is 41.6 Å². The Morgan fingerprint density at radius 1 is 1.25 bits per heavy atom. The number of hydrogen-bond donors (Lipinski definition) is 0. The predicted molar refractivity (Wildman–Crippen MR) is 151 cm³/mol. The first-order chi connectivity index (χ1) is 19.0. The first-order valence-electron chi connectivity index (χ1n) is 13.6. The second kappa shape index (κ2) is 11.4. The molecule has 4 heterocycles. The molecule has 0 bridgehead atoms. The summed E-state index contributed by atoms with van der Waals surface area (Å²) in [6.45, 7) is 8.26. The van der Waals surface area contributed by atoms with E-state index in [1.807, 2.05) is 30.7 Å². The molecular formula is C28H34Cl2F2N6O2. The van der Waals surface area contributed by atoms with Crippen molar-refractivity contribution in [3.8, 4) is 0 Å². The van der Waals surface area contributed by atoms with Gasteiger partial charge in [-0.3, -0.25) is 4.90 Å². The molecule has 2 saturated heterocycles. The zero-order chi connectivity index (χ0) is 28.8. The summed E-state index contributed by atoms with van der Waals surface area (Å²) >= 11 is 12.6. The lowest BCUT2D eigenvalue weighted by atomic mass is 9.91. The average Bonchev–Trinajstić information content (AvgIpc) is 3.50. The van der Waals surface area contributed by atoms with Gasteiger partial charge in [-0.1, -0.05) is 36.2 Å². The maximum atomic E-state index is 14.4. The fraction of sp³-hybridized carbons (Fsp3) is 0.571. The number of aromatic nitrogens is 4. The van der Waals surface area contributed by atoms with Crippen LogP contribution in [-0.2, 0) is 9.53 Å². The lowest BCUT2D eigenvalue weighted by molar-refractivity contribution is -0.171. The standard InChI is InChI=1S/C28H34Cl2F2N6O2/c1-16-15-36(11-9-23(16)37-10-5-6-20(37)13-28(31,32)27(39)40-4)24-14-33-25-17(2)35-38(26(25)34-24)18(3)21-8-7-19(29)12-22(21)30/h7-8,12,14,16,18,20,23H,5-6,9-11,13,15H2,1-4H3/t16?,18?,20-,23?/m0/s1. The third kappa shape index (κ3) is 5.50. The largest absolute Gasteiger partial charge is 0.465 e. The number of carbonyl (C=O) groups is 1. The first-order valence-corrected chi connectivity index (χ1v) is 14.4. The molecule has 0 amide bonds. The third-order valence-corrected chi connectivity index (χ3v) is 8.91. The average molecular weight is 596 g/mol. The molecule has 1 aromatic carbocycles. The first kappa shape index (κ1) is 29.0. The van der Waals surface area contributed by atoms with E-state index in [9.17, 15) is 13.6 Å². The van der Waals surface area contributed by atoms with Crippen LogP contribution in [0.1, 0.15) is 56.8 Å². The molecule has 0 aliphatic carbocycles. The summed E-state index contributed by atoms with van der Waals surface area (Å²) in [7, 11) is 1.00. The molecule has 0 radical (unpaired) electrons. The highest BCUT2D eigenvalue weighted by Crippen LogP contribution is 2.36. The van der Waals surface area contributed by atoms with Crippen LogP contribution in [0.4, 0.5) is 14.6 Å². The summed E-state index contributed by atoms with van der Waals surface area (Å²) < 4.78 is 35.0. The molecule has 12 heteroatoms. The minimum Gasteiger partial charge on any atom is -0.465 e. The molecule has 40 heavy (non-hydrogen) atoms. The second-order valence-electron chi connectivity index (χ2n) is 11.0. The molecule has 3 aromatic rings. The predicted octanol–water partition coefficient (Wildman–Crippen LogP) is 5.93. The van der Waals surface area contributed by atoms with Gasteiger partial charge in [-0.25, -0.2) is 19.4 Å². The molecular weight excluding hydrogens is 561 g/mol. The van der Waals surface area contributed by atoms with Crippen LogP contribution in [-0.4, -0.2) is 75.4 Å². The van der Waals surface area contributed by atoms with Crippen LogP contribution >= 0.6 is 23.2 Å². The SMILES string of the molecule is COC(=O)C(F)(F)C[C@@H]1CCCN1C1CCN(c2cnc3c(C)nn(C(C)c4ccc(Cl)cc4Cl)c3n2)CC1C. The summed E-state index contributed by atoms with van der Waals surface area (Å²) in [6.07, 6.45) is 3.57. The van der Waals surface area contributed by atoms with Crippen LogP contribution in [0.3, 0.4) is 0 Å². The molecule has 216 valence electrons. The highest BCUT2D eigenvalue weighted by molar-refractivity contribution is 6.35. The molecule has 3 unspecified atom stereocenters. The van der Waals surface area contributed by atoms with Gasteiger partial charge in [0.05, 0.1) is 25.0 Å². The number of benzene rings is 1. The smallest absolute Gasteiger partial charge is 0.376 e. The van der Waals surface area contributed by atoms with Crippen molar-refractivity contribution in [3.63, 3.8) is 0 Å². The quantitative estimate of drug-likeness (QED) is 0.314. The number of aryl methyl sites for hydroxylation is 1. The Kier molecular flexibility index (Phi) is 8.23. The van der Waals surface area contributed by atoms with Gasteiger partial charge in [-0.05, 0) is 63.3 Å². The van der Waals surface area contributed by atoms with Crippen molar-refractivity contribution in [1.29, 1.82) is 0 Å². The van der Waals surface area contributed by atoms with E-state index in [1.54, 1.807) is 12.3 Å². The number of esters is 1. The molecule has 2 fully saturated rings. The monoisotopic (exact) mass is 594 g/mol. The number of halogens is 4. The third-order valence-electron chi connectivity index (χ3n) is 8.35. The number of nitrogens with zero attached hydrogens (tertiary/aromatic N) is 6. The van der Waals surface area contributed by atoms with E-state index in [0.717, 1.165) is 55.6 Å². The van der Waals surface area contributed by atoms with Gasteiger partial charge in [-0.2, -0.15) is 13.9 Å². The molecule has 0 spiro atoms. The molecule has 2 aliphatic rings. The van der Waals surface area contributed by atoms with E-state index in [0.29, 0.717) is 28.7 Å². The number of methoxy groups -OCH3 is 1. The highest BCUT2D eigenvalue weighted by atomic mass is 35.5. The number of piperidine rings is 1. The van der Waals surface area contributed by atoms with E-state index in [2.05, 4.69) is 21.5 Å². The van der Waals surface area contributed by atoms with E-state index in [4.69, 9.17) is 38.3 Å². The van der Waals surface area contributed by atoms with Crippen molar-refractivity contribution in [2.75, 3.05) is 31.6 Å². The van der Waals surface area contributed by atoms with Gasteiger partial charge in [0.25, 0.3) is 0 Å². The van der Waals surface area contributed by atoms with Crippen LogP contribution in [0.25, 0.3) is 11.2 Å². The van der Waals surface area contributed by atoms with Gasteiger partial charge in [0.1, 0.15) is 11.3 Å². The van der Waals surface area contributed by atoms with Crippen molar-refractivity contribution in [1.82, 2.24) is 24.6 Å². The van der Waals surface area contributed by atoms with Crippen molar-refractivity contribution >= 4 is 46.2 Å². The fourth-order valence-electron chi connectivity index (χ4n) is 6.31. The maximum Gasteiger partial charge on any atom is 0.376 e. The second-order valence-corrected chi connectivity index (χ2v) is 11.8. The Hall–Kier alpha value is -2.56. The normalized spacial score (nSPS) is 23.1. The number of rotatable bonds is 7. The lowest BCUT2D eigenvalue weighted by Crippen LogP contribution is -2.53. The van der Waals surface area contributed by atoms with E-state index < -0.39 is 18.3 Å². The van der Waals surface area contributed by atoms with Gasteiger partial charge in [0.15, 0.2) is 5.65 Å². The number of carbonyl (C=O) groups excluding carboxylic acids is 1. The number of hydrogen-bond acceptors (Lipinski definition) is 7. The number of likely N-dealkylation sites (tertiary alicyclic amines) is 1. The van der Waals surface area contributed by atoms with Crippen LogP contribution in [0.5, 0.6) is 0 Å². The molecule has 8 nitrogen and oxygen atoms in total. The van der Waals surface area contributed by atoms with Crippen LogP contribution in [0.2, 0.25) is 10.0 Å². The lowest BCUT2D eigenvalue weighted by Gasteiger charge is -2.44. The highest BCUT2D eigenvalue weighted by Gasteiger charge is 2.46. The van der Waals surface area contributed by atoms with Crippen molar-refractivity contribution in [3.05, 3.63) is 45.7 Å². The van der Waals surface area contributed by atoms with E-state index in [1.165, 1.54) is 0 Å². The van der Waals surface area contributed by atoms with Crippen LogP contribution < -0.4 is 4.90 Å². The Labute approximate surface area is 242 Å². The molecule has 2 aromatic heterocycles. The minimum atomic E-state index is -3.48. The number of alkyl halides is 2. The molecule has 0 saturated carbocycles. The van der Waals surface area contributed by atoms with Crippen LogP contribution in [0.15, 0.2) is 24.4 Å². The topological polar surface area (TPSA) is 76.4 Å². The van der Waals surface area contributed by atoms with Gasteiger partial charge >= 0.3 is 11.9 Å².